The minimum atomic E-state index is -3.42. The summed E-state index contributed by atoms with van der Waals surface area (Å²) in [5, 5.41) is 0. The quantitative estimate of drug-likeness (QED) is 0.781. The number of benzene rings is 1. The van der Waals surface area contributed by atoms with Crippen molar-refractivity contribution in [2.45, 2.75) is 37.0 Å². The highest BCUT2D eigenvalue weighted by molar-refractivity contribution is 7.89. The number of likely N-dealkylation sites (tertiary alicyclic amines) is 1. The Morgan fingerprint density at radius 2 is 1.73 bits per heavy atom. The van der Waals surface area contributed by atoms with Gasteiger partial charge in [0.15, 0.2) is 0 Å². The summed E-state index contributed by atoms with van der Waals surface area (Å²) in [5.41, 5.74) is 0. The van der Waals surface area contributed by atoms with Crippen molar-refractivity contribution >= 4 is 10.0 Å². The molecule has 0 unspecified atom stereocenters. The summed E-state index contributed by atoms with van der Waals surface area (Å²) in [5.74, 6) is 0.653. The van der Waals surface area contributed by atoms with E-state index in [1.54, 1.807) is 31.4 Å². The number of hydrogen-bond donors (Lipinski definition) is 1. The third-order valence-electron chi connectivity index (χ3n) is 4.01. The number of nitrogens with zero attached hydrogens (tertiary/aromatic N) is 1. The molecule has 1 aliphatic heterocycles. The summed E-state index contributed by atoms with van der Waals surface area (Å²) in [7, 11) is -1.86. The van der Waals surface area contributed by atoms with Gasteiger partial charge in [-0.05, 0) is 63.2 Å². The Morgan fingerprint density at radius 1 is 1.09 bits per heavy atom. The van der Waals surface area contributed by atoms with E-state index in [0.29, 0.717) is 12.3 Å². The molecule has 22 heavy (non-hydrogen) atoms. The average molecular weight is 326 g/mol. The standard InChI is InChI=1S/C16H26N2O3S/c1-21-15-7-9-16(10-8-15)22(19,20)17-11-6-14-18-12-4-2-3-5-13-18/h7-10,17H,2-6,11-14H2,1H3. The molecule has 1 saturated heterocycles. The van der Waals surface area contributed by atoms with Gasteiger partial charge in [0.2, 0.25) is 10.0 Å². The van der Waals surface area contributed by atoms with E-state index < -0.39 is 10.0 Å². The molecule has 124 valence electrons. The third kappa shape index (κ3) is 5.26. The van der Waals surface area contributed by atoms with Crippen LogP contribution in [0.5, 0.6) is 5.75 Å². The molecule has 1 aromatic rings. The lowest BCUT2D eigenvalue weighted by Gasteiger charge is -2.19. The van der Waals surface area contributed by atoms with Gasteiger partial charge in [-0.2, -0.15) is 0 Å². The molecular weight excluding hydrogens is 300 g/mol. The van der Waals surface area contributed by atoms with Crippen LogP contribution in [0.4, 0.5) is 0 Å². The molecule has 1 aliphatic rings. The fourth-order valence-electron chi connectivity index (χ4n) is 2.71. The fraction of sp³-hybridized carbons (Fsp3) is 0.625. The molecule has 6 heteroatoms. The van der Waals surface area contributed by atoms with E-state index in [4.69, 9.17) is 4.74 Å². The molecule has 0 bridgehead atoms. The summed E-state index contributed by atoms with van der Waals surface area (Å²) in [4.78, 5) is 2.72. The molecule has 0 radical (unpaired) electrons. The Kier molecular flexibility index (Phi) is 6.67. The van der Waals surface area contributed by atoms with Crippen molar-refractivity contribution < 1.29 is 13.2 Å². The Morgan fingerprint density at radius 3 is 2.32 bits per heavy atom. The molecule has 0 atom stereocenters. The Balaban J connectivity index is 1.76. The van der Waals surface area contributed by atoms with Gasteiger partial charge in [0, 0.05) is 6.54 Å². The summed E-state index contributed by atoms with van der Waals surface area (Å²) in [6, 6.07) is 6.45. The van der Waals surface area contributed by atoms with Gasteiger partial charge in [-0.3, -0.25) is 0 Å². The van der Waals surface area contributed by atoms with Crippen LogP contribution in [0.15, 0.2) is 29.2 Å². The maximum Gasteiger partial charge on any atom is 0.240 e. The van der Waals surface area contributed by atoms with Crippen LogP contribution in [0.2, 0.25) is 0 Å². The SMILES string of the molecule is COc1ccc(S(=O)(=O)NCCCN2CCCCCC2)cc1. The number of sulfonamides is 1. The molecular formula is C16H26N2O3S. The van der Waals surface area contributed by atoms with Crippen LogP contribution >= 0.6 is 0 Å². The van der Waals surface area contributed by atoms with Gasteiger partial charge in [-0.25, -0.2) is 13.1 Å². The molecule has 0 aromatic heterocycles. The van der Waals surface area contributed by atoms with Crippen molar-refractivity contribution in [3.05, 3.63) is 24.3 Å². The highest BCUT2D eigenvalue weighted by Crippen LogP contribution is 2.15. The molecule has 5 nitrogen and oxygen atoms in total. The second kappa shape index (κ2) is 8.50. The highest BCUT2D eigenvalue weighted by atomic mass is 32.2. The predicted molar refractivity (Wildman–Crippen MR) is 87.7 cm³/mol. The summed E-state index contributed by atoms with van der Waals surface area (Å²) < 4.78 is 32.1. The van der Waals surface area contributed by atoms with Crippen molar-refractivity contribution in [1.82, 2.24) is 9.62 Å². The normalized spacial score (nSPS) is 17.1. The Bertz CT molecular complexity index is 535. The molecule has 1 fully saturated rings. The van der Waals surface area contributed by atoms with E-state index in [-0.39, 0.29) is 4.90 Å². The zero-order valence-electron chi connectivity index (χ0n) is 13.3. The van der Waals surface area contributed by atoms with Crippen molar-refractivity contribution in [3.63, 3.8) is 0 Å². The van der Waals surface area contributed by atoms with Crippen molar-refractivity contribution in [1.29, 1.82) is 0 Å². The third-order valence-corrected chi connectivity index (χ3v) is 5.49. The molecule has 0 aliphatic carbocycles. The Labute approximate surface area is 133 Å². The van der Waals surface area contributed by atoms with Crippen LogP contribution in [-0.2, 0) is 10.0 Å². The first kappa shape index (κ1) is 17.2. The number of ether oxygens (including phenoxy) is 1. The molecule has 1 N–H and O–H groups in total. The van der Waals surface area contributed by atoms with Crippen LogP contribution in [-0.4, -0.2) is 46.6 Å². The van der Waals surface area contributed by atoms with E-state index in [2.05, 4.69) is 9.62 Å². The molecule has 1 heterocycles. The van der Waals surface area contributed by atoms with Gasteiger partial charge in [0.1, 0.15) is 5.75 Å². The van der Waals surface area contributed by atoms with E-state index in [9.17, 15) is 8.42 Å². The van der Waals surface area contributed by atoms with Gasteiger partial charge in [-0.1, -0.05) is 12.8 Å². The molecule has 0 amide bonds. The lowest BCUT2D eigenvalue weighted by Crippen LogP contribution is -2.30. The van der Waals surface area contributed by atoms with Gasteiger partial charge in [0.05, 0.1) is 12.0 Å². The number of methoxy groups -OCH3 is 1. The average Bonchev–Trinajstić information content (AvgIpc) is 2.80. The largest absolute Gasteiger partial charge is 0.497 e. The number of rotatable bonds is 7. The molecule has 1 aromatic carbocycles. The summed E-state index contributed by atoms with van der Waals surface area (Å²) in [6.07, 6.45) is 6.01. The zero-order valence-corrected chi connectivity index (χ0v) is 14.1. The van der Waals surface area contributed by atoms with Crippen LogP contribution in [0.25, 0.3) is 0 Å². The van der Waals surface area contributed by atoms with Crippen LogP contribution in [0.3, 0.4) is 0 Å². The second-order valence-electron chi connectivity index (χ2n) is 5.68. The first-order valence-corrected chi connectivity index (χ1v) is 9.46. The minimum absolute atomic E-state index is 0.281. The topological polar surface area (TPSA) is 58.6 Å². The van der Waals surface area contributed by atoms with Crippen LogP contribution in [0.1, 0.15) is 32.1 Å². The number of hydrogen-bond acceptors (Lipinski definition) is 4. The predicted octanol–water partition coefficient (Wildman–Crippen LogP) is 2.24. The fourth-order valence-corrected chi connectivity index (χ4v) is 3.78. The van der Waals surface area contributed by atoms with Crippen LogP contribution < -0.4 is 9.46 Å². The lowest BCUT2D eigenvalue weighted by atomic mass is 10.2. The first-order valence-electron chi connectivity index (χ1n) is 7.98. The zero-order chi connectivity index (χ0) is 15.8. The maximum atomic E-state index is 12.2. The van der Waals surface area contributed by atoms with E-state index >= 15 is 0 Å². The van der Waals surface area contributed by atoms with Crippen molar-refractivity contribution in [2.24, 2.45) is 0 Å². The lowest BCUT2D eigenvalue weighted by molar-refractivity contribution is 0.282. The van der Waals surface area contributed by atoms with Crippen molar-refractivity contribution in [2.75, 3.05) is 33.3 Å². The number of nitrogens with one attached hydrogen (secondary N) is 1. The second-order valence-corrected chi connectivity index (χ2v) is 7.45. The van der Waals surface area contributed by atoms with Gasteiger partial charge in [0.25, 0.3) is 0 Å². The molecule has 2 rings (SSSR count). The van der Waals surface area contributed by atoms with E-state index in [1.807, 2.05) is 0 Å². The van der Waals surface area contributed by atoms with Gasteiger partial charge >= 0.3 is 0 Å². The monoisotopic (exact) mass is 326 g/mol. The maximum absolute atomic E-state index is 12.2. The van der Waals surface area contributed by atoms with Gasteiger partial charge in [-0.15, -0.1) is 0 Å². The summed E-state index contributed by atoms with van der Waals surface area (Å²) >= 11 is 0. The molecule has 0 spiro atoms. The Hall–Kier alpha value is -1.11. The van der Waals surface area contributed by atoms with Gasteiger partial charge < -0.3 is 9.64 Å². The highest BCUT2D eigenvalue weighted by Gasteiger charge is 2.14. The summed E-state index contributed by atoms with van der Waals surface area (Å²) in [6.45, 7) is 3.73. The minimum Gasteiger partial charge on any atom is -0.497 e. The van der Waals surface area contributed by atoms with E-state index in [0.717, 1.165) is 26.1 Å². The van der Waals surface area contributed by atoms with Crippen LogP contribution in [0, 0.1) is 0 Å². The van der Waals surface area contributed by atoms with E-state index in [1.165, 1.54) is 25.7 Å². The molecule has 0 saturated carbocycles. The first-order chi connectivity index (χ1) is 10.6. The van der Waals surface area contributed by atoms with Crippen molar-refractivity contribution in [3.8, 4) is 5.75 Å². The smallest absolute Gasteiger partial charge is 0.240 e.